The summed E-state index contributed by atoms with van der Waals surface area (Å²) in [7, 11) is -3.49. The van der Waals surface area contributed by atoms with Gasteiger partial charge < -0.3 is 4.42 Å². The molecule has 9 heteroatoms. The van der Waals surface area contributed by atoms with Crippen LogP contribution < -0.4 is 4.90 Å². The van der Waals surface area contributed by atoms with Gasteiger partial charge in [-0.3, -0.25) is 9.69 Å². The Labute approximate surface area is 186 Å². The number of para-hydroxylation sites is 1. The van der Waals surface area contributed by atoms with Crippen molar-refractivity contribution >= 4 is 42.6 Å². The fraction of sp³-hybridized carbons (Fsp3) is 0.455. The normalized spacial score (nSPS) is 18.0. The summed E-state index contributed by atoms with van der Waals surface area (Å²) in [6.45, 7) is 4.80. The number of carbonyl (C=O) groups excluding carboxylic acids is 1. The van der Waals surface area contributed by atoms with E-state index in [9.17, 15) is 13.2 Å². The number of anilines is 1. The Bertz CT molecular complexity index is 1170. The smallest absolute Gasteiger partial charge is 0.247 e. The van der Waals surface area contributed by atoms with Gasteiger partial charge in [-0.15, -0.1) is 0 Å². The number of carbonyl (C=O) groups is 1. The number of rotatable bonds is 6. The van der Waals surface area contributed by atoms with Crippen LogP contribution >= 0.6 is 11.3 Å². The molecule has 1 aromatic carbocycles. The van der Waals surface area contributed by atoms with Gasteiger partial charge in [-0.1, -0.05) is 43.7 Å². The molecule has 2 aromatic heterocycles. The van der Waals surface area contributed by atoms with E-state index in [4.69, 9.17) is 9.40 Å². The summed E-state index contributed by atoms with van der Waals surface area (Å²) < 4.78 is 32.6. The molecule has 1 saturated heterocycles. The number of amides is 1. The van der Waals surface area contributed by atoms with Gasteiger partial charge in [0.2, 0.25) is 15.9 Å². The number of benzene rings is 1. The van der Waals surface area contributed by atoms with Crippen molar-refractivity contribution in [2.45, 2.75) is 51.6 Å². The molecule has 1 fully saturated rings. The lowest BCUT2D eigenvalue weighted by Crippen LogP contribution is -2.52. The fourth-order valence-electron chi connectivity index (χ4n) is 4.07. The number of aromatic nitrogens is 1. The van der Waals surface area contributed by atoms with Crippen molar-refractivity contribution < 1.29 is 17.6 Å². The summed E-state index contributed by atoms with van der Waals surface area (Å²) >= 11 is 1.44. The van der Waals surface area contributed by atoms with E-state index in [1.54, 1.807) is 17.2 Å². The van der Waals surface area contributed by atoms with Gasteiger partial charge in [0.05, 0.1) is 29.3 Å². The molecule has 1 amide bonds. The van der Waals surface area contributed by atoms with Crippen molar-refractivity contribution in [3.8, 4) is 0 Å². The highest BCUT2D eigenvalue weighted by Crippen LogP contribution is 2.35. The molecule has 0 N–H and O–H groups in total. The molecule has 166 valence electrons. The van der Waals surface area contributed by atoms with Crippen molar-refractivity contribution in [2.24, 2.45) is 0 Å². The molecule has 1 unspecified atom stereocenters. The zero-order valence-corrected chi connectivity index (χ0v) is 19.6. The number of piperidine rings is 1. The van der Waals surface area contributed by atoms with Gasteiger partial charge in [-0.2, -0.15) is 4.31 Å². The zero-order chi connectivity index (χ0) is 22.2. The molecule has 7 nitrogen and oxygen atoms in total. The van der Waals surface area contributed by atoms with Crippen LogP contribution in [0.5, 0.6) is 0 Å². The Balaban J connectivity index is 1.77. The van der Waals surface area contributed by atoms with Gasteiger partial charge in [0.25, 0.3) is 0 Å². The van der Waals surface area contributed by atoms with Crippen molar-refractivity contribution in [3.63, 3.8) is 0 Å². The van der Waals surface area contributed by atoms with Crippen LogP contribution in [0, 0.1) is 0 Å². The monoisotopic (exact) mass is 461 g/mol. The van der Waals surface area contributed by atoms with E-state index in [2.05, 4.69) is 19.9 Å². The molecule has 0 spiro atoms. The van der Waals surface area contributed by atoms with Crippen molar-refractivity contribution in [2.75, 3.05) is 17.7 Å². The highest BCUT2D eigenvalue weighted by atomic mass is 32.2. The SMILES string of the molecule is CC(C)c1cccc2sc(N(Cc3ccco3)C(=O)C3CCCCN3S(C)(=O)=O)nc12. The Morgan fingerprint density at radius 1 is 1.29 bits per heavy atom. The van der Waals surface area contributed by atoms with Gasteiger partial charge >= 0.3 is 0 Å². The third kappa shape index (κ3) is 4.53. The van der Waals surface area contributed by atoms with Crippen molar-refractivity contribution in [1.29, 1.82) is 0 Å². The predicted molar refractivity (Wildman–Crippen MR) is 123 cm³/mol. The maximum absolute atomic E-state index is 13.7. The maximum Gasteiger partial charge on any atom is 0.247 e. The summed E-state index contributed by atoms with van der Waals surface area (Å²) in [6.07, 6.45) is 4.81. The minimum atomic E-state index is -3.49. The fourth-order valence-corrected chi connectivity index (χ4v) is 6.19. The van der Waals surface area contributed by atoms with Crippen LogP contribution in [0.25, 0.3) is 10.2 Å². The van der Waals surface area contributed by atoms with E-state index >= 15 is 0 Å². The highest BCUT2D eigenvalue weighted by Gasteiger charge is 2.38. The lowest BCUT2D eigenvalue weighted by atomic mass is 10.0. The van der Waals surface area contributed by atoms with Gasteiger partial charge in [0, 0.05) is 6.54 Å². The largest absolute Gasteiger partial charge is 0.467 e. The molecule has 0 aliphatic carbocycles. The Morgan fingerprint density at radius 3 is 2.77 bits per heavy atom. The Morgan fingerprint density at radius 2 is 2.10 bits per heavy atom. The molecule has 0 saturated carbocycles. The minimum Gasteiger partial charge on any atom is -0.467 e. The van der Waals surface area contributed by atoms with Crippen molar-refractivity contribution in [1.82, 2.24) is 9.29 Å². The summed E-state index contributed by atoms with van der Waals surface area (Å²) in [5.41, 5.74) is 2.01. The summed E-state index contributed by atoms with van der Waals surface area (Å²) in [5.74, 6) is 0.664. The van der Waals surface area contributed by atoms with Gasteiger partial charge in [-0.05, 0) is 42.5 Å². The number of sulfonamides is 1. The Hall–Kier alpha value is -2.23. The topological polar surface area (TPSA) is 83.7 Å². The molecular weight excluding hydrogens is 434 g/mol. The predicted octanol–water partition coefficient (Wildman–Crippen LogP) is 4.36. The third-order valence-corrected chi connectivity index (χ3v) is 7.95. The van der Waals surface area contributed by atoms with Crippen LogP contribution in [0.2, 0.25) is 0 Å². The van der Waals surface area contributed by atoms with E-state index in [0.29, 0.717) is 29.8 Å². The van der Waals surface area contributed by atoms with E-state index in [-0.39, 0.29) is 12.5 Å². The first-order valence-corrected chi connectivity index (χ1v) is 13.1. The molecule has 31 heavy (non-hydrogen) atoms. The number of hydrogen-bond donors (Lipinski definition) is 0. The molecule has 1 aliphatic rings. The maximum atomic E-state index is 13.7. The van der Waals surface area contributed by atoms with E-state index in [0.717, 1.165) is 28.6 Å². The zero-order valence-electron chi connectivity index (χ0n) is 17.9. The molecule has 0 radical (unpaired) electrons. The number of furan rings is 1. The highest BCUT2D eigenvalue weighted by molar-refractivity contribution is 7.88. The molecule has 4 rings (SSSR count). The second kappa shape index (κ2) is 8.72. The third-order valence-electron chi connectivity index (χ3n) is 5.62. The van der Waals surface area contributed by atoms with Crippen LogP contribution in [0.1, 0.15) is 50.4 Å². The lowest BCUT2D eigenvalue weighted by molar-refractivity contribution is -0.123. The molecule has 1 aliphatic heterocycles. The van der Waals surface area contributed by atoms with Crippen LogP contribution in [0.15, 0.2) is 41.0 Å². The van der Waals surface area contributed by atoms with Crippen LogP contribution in [0.3, 0.4) is 0 Å². The average molecular weight is 462 g/mol. The molecule has 3 aromatic rings. The van der Waals surface area contributed by atoms with E-state index < -0.39 is 16.1 Å². The molecule has 3 heterocycles. The number of thiazole rings is 1. The van der Waals surface area contributed by atoms with Crippen LogP contribution in [0.4, 0.5) is 5.13 Å². The van der Waals surface area contributed by atoms with E-state index in [1.807, 2.05) is 18.2 Å². The van der Waals surface area contributed by atoms with Gasteiger partial charge in [0.15, 0.2) is 5.13 Å². The van der Waals surface area contributed by atoms with Crippen molar-refractivity contribution in [3.05, 3.63) is 47.9 Å². The molecular formula is C22H27N3O4S2. The quantitative estimate of drug-likeness (QED) is 0.545. The number of hydrogen-bond acceptors (Lipinski definition) is 6. The summed E-state index contributed by atoms with van der Waals surface area (Å²) in [5, 5.41) is 0.559. The first-order valence-electron chi connectivity index (χ1n) is 10.5. The second-order valence-corrected chi connectivity index (χ2v) is 11.2. The summed E-state index contributed by atoms with van der Waals surface area (Å²) in [4.78, 5) is 20.1. The second-order valence-electron chi connectivity index (χ2n) is 8.23. The van der Waals surface area contributed by atoms with E-state index in [1.165, 1.54) is 21.9 Å². The number of fused-ring (bicyclic) bond motifs is 1. The van der Waals surface area contributed by atoms with Crippen LogP contribution in [-0.2, 0) is 21.4 Å². The molecule has 0 bridgehead atoms. The van der Waals surface area contributed by atoms with Gasteiger partial charge in [0.1, 0.15) is 11.8 Å². The Kier molecular flexibility index (Phi) is 6.18. The standard InChI is InChI=1S/C22H27N3O4S2/c1-15(2)17-9-6-11-19-20(17)23-22(30-19)24(14-16-8-7-13-29-16)21(26)18-10-4-5-12-25(18)31(3,27)28/h6-9,11,13,15,18H,4-5,10,12,14H2,1-3H3. The first-order chi connectivity index (χ1) is 14.8. The van der Waals surface area contributed by atoms with Crippen LogP contribution in [-0.4, -0.2) is 42.5 Å². The summed E-state index contributed by atoms with van der Waals surface area (Å²) in [6, 6.07) is 8.92. The van der Waals surface area contributed by atoms with Gasteiger partial charge in [-0.25, -0.2) is 13.4 Å². The lowest BCUT2D eigenvalue weighted by Gasteiger charge is -2.35. The minimum absolute atomic E-state index is 0.205. The average Bonchev–Trinajstić information content (AvgIpc) is 3.39. The first kappa shape index (κ1) is 22.0. The number of nitrogens with zero attached hydrogens (tertiary/aromatic N) is 3. The molecule has 1 atom stereocenters.